The molecule has 0 aromatic heterocycles. The van der Waals surface area contributed by atoms with E-state index in [-0.39, 0.29) is 11.8 Å². The number of carbonyl (C=O) groups excluding carboxylic acids is 2. The highest BCUT2D eigenvalue weighted by atomic mass is 16.5. The second kappa shape index (κ2) is 11.5. The molecule has 0 bridgehead atoms. The molecular formula is C24H34N4O3+2. The van der Waals surface area contributed by atoms with Gasteiger partial charge in [-0.25, -0.2) is 0 Å². The first-order valence-corrected chi connectivity index (χ1v) is 11.1. The number of amides is 2. The van der Waals surface area contributed by atoms with Gasteiger partial charge in [0.25, 0.3) is 11.8 Å². The first-order chi connectivity index (χ1) is 15.1. The normalized spacial score (nSPS) is 18.3. The van der Waals surface area contributed by atoms with Crippen LogP contribution in [0.3, 0.4) is 0 Å². The Hall–Kier alpha value is -2.90. The first kappa shape index (κ1) is 22.8. The average molecular weight is 427 g/mol. The maximum absolute atomic E-state index is 12.5. The summed E-state index contributed by atoms with van der Waals surface area (Å²) >= 11 is 0. The smallest absolute Gasteiger partial charge is 0.279 e. The van der Waals surface area contributed by atoms with Crippen molar-refractivity contribution in [2.75, 3.05) is 56.5 Å². The van der Waals surface area contributed by atoms with Crippen LogP contribution in [0.4, 0.5) is 11.4 Å². The van der Waals surface area contributed by atoms with Crippen molar-refractivity contribution in [3.05, 3.63) is 54.1 Å². The minimum absolute atomic E-state index is 0.0107. The Balaban J connectivity index is 1.39. The predicted molar refractivity (Wildman–Crippen MR) is 122 cm³/mol. The minimum atomic E-state index is 0.0107. The molecule has 0 atom stereocenters. The van der Waals surface area contributed by atoms with Crippen LogP contribution in [0.1, 0.15) is 19.4 Å². The maximum Gasteiger partial charge on any atom is 0.279 e. The number of aryl methyl sites for hydroxylation is 1. The monoisotopic (exact) mass is 426 g/mol. The first-order valence-electron chi connectivity index (χ1n) is 11.1. The van der Waals surface area contributed by atoms with Crippen LogP contribution in [0.25, 0.3) is 0 Å². The van der Waals surface area contributed by atoms with E-state index in [1.165, 1.54) is 9.80 Å². The Kier molecular flexibility index (Phi) is 8.44. The average Bonchev–Trinajstić information content (AvgIpc) is 2.77. The van der Waals surface area contributed by atoms with Crippen LogP contribution in [-0.4, -0.2) is 57.7 Å². The summed E-state index contributed by atoms with van der Waals surface area (Å²) in [6, 6.07) is 15.4. The van der Waals surface area contributed by atoms with Crippen molar-refractivity contribution < 1.29 is 24.1 Å². The van der Waals surface area contributed by atoms with Gasteiger partial charge in [0.2, 0.25) is 0 Å². The van der Waals surface area contributed by atoms with E-state index in [1.54, 1.807) is 0 Å². The molecule has 1 aliphatic heterocycles. The van der Waals surface area contributed by atoms with Crippen molar-refractivity contribution in [2.45, 2.75) is 20.3 Å². The molecule has 1 heterocycles. The molecule has 1 aliphatic rings. The summed E-state index contributed by atoms with van der Waals surface area (Å²) in [4.78, 5) is 27.4. The summed E-state index contributed by atoms with van der Waals surface area (Å²) in [5, 5.41) is 6.01. The van der Waals surface area contributed by atoms with Gasteiger partial charge >= 0.3 is 0 Å². The molecule has 0 saturated carbocycles. The fourth-order valence-corrected chi connectivity index (χ4v) is 3.92. The molecule has 7 nitrogen and oxygen atoms in total. The van der Waals surface area contributed by atoms with Crippen LogP contribution in [0.15, 0.2) is 48.5 Å². The van der Waals surface area contributed by atoms with E-state index in [0.717, 1.165) is 55.3 Å². The fraction of sp³-hybridized carbons (Fsp3) is 0.417. The van der Waals surface area contributed by atoms with Gasteiger partial charge in [-0.15, -0.1) is 0 Å². The van der Waals surface area contributed by atoms with Crippen molar-refractivity contribution in [2.24, 2.45) is 0 Å². The number of nitrogens with one attached hydrogen (secondary N) is 4. The molecule has 0 aliphatic carbocycles. The predicted octanol–water partition coefficient (Wildman–Crippen LogP) is 0.00830. The van der Waals surface area contributed by atoms with Crippen molar-refractivity contribution >= 4 is 23.2 Å². The van der Waals surface area contributed by atoms with Gasteiger partial charge in [0, 0.05) is 11.4 Å². The molecule has 166 valence electrons. The van der Waals surface area contributed by atoms with Crippen LogP contribution in [0.2, 0.25) is 0 Å². The van der Waals surface area contributed by atoms with Gasteiger partial charge in [0.05, 0.1) is 6.61 Å². The van der Waals surface area contributed by atoms with Gasteiger partial charge < -0.3 is 25.2 Å². The Bertz CT molecular complexity index is 861. The van der Waals surface area contributed by atoms with E-state index in [1.807, 2.05) is 55.5 Å². The van der Waals surface area contributed by atoms with Crippen LogP contribution in [-0.2, 0) is 16.0 Å². The van der Waals surface area contributed by atoms with Gasteiger partial charge in [0.15, 0.2) is 13.1 Å². The number of carbonyl (C=O) groups is 2. The van der Waals surface area contributed by atoms with E-state index in [9.17, 15) is 9.59 Å². The maximum atomic E-state index is 12.5. The lowest BCUT2D eigenvalue weighted by Gasteiger charge is -2.29. The third kappa shape index (κ3) is 7.08. The number of anilines is 2. The summed E-state index contributed by atoms with van der Waals surface area (Å²) in [5.74, 6) is 0.858. The lowest BCUT2D eigenvalue weighted by molar-refractivity contribution is -1.00. The van der Waals surface area contributed by atoms with Crippen molar-refractivity contribution in [3.8, 4) is 5.75 Å². The molecule has 31 heavy (non-hydrogen) atoms. The van der Waals surface area contributed by atoms with Gasteiger partial charge in [-0.3, -0.25) is 9.59 Å². The molecule has 4 N–H and O–H groups in total. The molecule has 2 aromatic rings. The lowest BCUT2D eigenvalue weighted by Crippen LogP contribution is -3.28. The number of para-hydroxylation sites is 1. The number of quaternary nitrogens is 2. The number of hydrogen-bond donors (Lipinski definition) is 4. The van der Waals surface area contributed by atoms with Gasteiger partial charge in [-0.05, 0) is 49.2 Å². The molecule has 0 spiro atoms. The topological polar surface area (TPSA) is 76.3 Å². The summed E-state index contributed by atoms with van der Waals surface area (Å²) < 4.78 is 5.42. The van der Waals surface area contributed by atoms with Crippen LogP contribution >= 0.6 is 0 Å². The van der Waals surface area contributed by atoms with Gasteiger partial charge in [-0.2, -0.15) is 0 Å². The van der Waals surface area contributed by atoms with E-state index < -0.39 is 0 Å². The zero-order chi connectivity index (χ0) is 22.1. The summed E-state index contributed by atoms with van der Waals surface area (Å²) in [6.45, 7) is 9.08. The van der Waals surface area contributed by atoms with E-state index >= 15 is 0 Å². The van der Waals surface area contributed by atoms with Crippen LogP contribution in [0.5, 0.6) is 5.75 Å². The lowest BCUT2D eigenvalue weighted by atomic mass is 10.1. The fourth-order valence-electron chi connectivity index (χ4n) is 3.92. The van der Waals surface area contributed by atoms with Gasteiger partial charge in [-0.1, -0.05) is 25.1 Å². The number of rotatable bonds is 9. The van der Waals surface area contributed by atoms with E-state index in [4.69, 9.17) is 4.74 Å². The summed E-state index contributed by atoms with van der Waals surface area (Å²) in [6.07, 6.45) is 0.893. The third-order valence-corrected chi connectivity index (χ3v) is 5.61. The molecule has 1 fully saturated rings. The summed E-state index contributed by atoms with van der Waals surface area (Å²) in [5.41, 5.74) is 2.84. The summed E-state index contributed by atoms with van der Waals surface area (Å²) in [7, 11) is 0. The highest BCUT2D eigenvalue weighted by Gasteiger charge is 2.26. The zero-order valence-electron chi connectivity index (χ0n) is 18.5. The molecule has 1 saturated heterocycles. The second-order valence-electron chi connectivity index (χ2n) is 7.92. The zero-order valence-corrected chi connectivity index (χ0v) is 18.5. The number of hydrogen-bond acceptors (Lipinski definition) is 3. The highest BCUT2D eigenvalue weighted by molar-refractivity contribution is 5.92. The molecule has 3 rings (SSSR count). The molecule has 2 aromatic carbocycles. The third-order valence-electron chi connectivity index (χ3n) is 5.61. The molecule has 0 radical (unpaired) electrons. The van der Waals surface area contributed by atoms with Gasteiger partial charge in [0.1, 0.15) is 31.9 Å². The molecule has 2 amide bonds. The number of benzene rings is 2. The quantitative estimate of drug-likeness (QED) is 0.456. The largest absolute Gasteiger partial charge is 0.494 e. The Morgan fingerprint density at radius 1 is 0.839 bits per heavy atom. The van der Waals surface area contributed by atoms with Crippen LogP contribution < -0.4 is 25.2 Å². The highest BCUT2D eigenvalue weighted by Crippen LogP contribution is 2.16. The van der Waals surface area contributed by atoms with E-state index in [2.05, 4.69) is 17.6 Å². The molecular weight excluding hydrogens is 392 g/mol. The Morgan fingerprint density at radius 3 is 2.00 bits per heavy atom. The standard InChI is InChI=1S/C24H32N4O3/c1-3-19-7-5-6-8-22(19)26-24(30)18-28-15-13-27(14-16-28)17-23(29)25-20-9-11-21(12-10-20)31-4-2/h5-12H,3-4,13-18H2,1-2H3,(H,25,29)(H,26,30)/p+2. The van der Waals surface area contributed by atoms with Crippen molar-refractivity contribution in [3.63, 3.8) is 0 Å². The number of ether oxygens (including phenoxy) is 1. The van der Waals surface area contributed by atoms with Crippen molar-refractivity contribution in [1.82, 2.24) is 0 Å². The SMILES string of the molecule is CCOc1ccc(NC(=O)C[NH+]2CC[NH+](CC(=O)Nc3ccccc3CC)CC2)cc1. The Labute approximate surface area is 184 Å². The Morgan fingerprint density at radius 2 is 1.42 bits per heavy atom. The minimum Gasteiger partial charge on any atom is -0.494 e. The number of piperazine rings is 1. The van der Waals surface area contributed by atoms with Crippen LogP contribution in [0, 0.1) is 0 Å². The van der Waals surface area contributed by atoms with Crippen molar-refractivity contribution in [1.29, 1.82) is 0 Å². The molecule has 0 unspecified atom stereocenters. The molecule has 7 heteroatoms. The van der Waals surface area contributed by atoms with E-state index in [0.29, 0.717) is 19.7 Å². The second-order valence-corrected chi connectivity index (χ2v) is 7.92.